The number of carbonyl (C=O) groups excluding carboxylic acids is 2. The third-order valence-corrected chi connectivity index (χ3v) is 5.93. The Bertz CT molecular complexity index is 873. The average molecular weight is 399 g/mol. The van der Waals surface area contributed by atoms with Gasteiger partial charge < -0.3 is 15.5 Å². The van der Waals surface area contributed by atoms with E-state index in [1.807, 2.05) is 24.3 Å². The van der Waals surface area contributed by atoms with E-state index in [2.05, 4.69) is 15.7 Å². The highest BCUT2D eigenvalue weighted by Crippen LogP contribution is 2.30. The van der Waals surface area contributed by atoms with Gasteiger partial charge in [-0.25, -0.2) is 4.39 Å². The Morgan fingerprint density at radius 1 is 1.17 bits per heavy atom. The highest BCUT2D eigenvalue weighted by atomic mass is 19.1. The molecule has 2 aromatic rings. The Morgan fingerprint density at radius 2 is 1.90 bits per heavy atom. The summed E-state index contributed by atoms with van der Waals surface area (Å²) in [6, 6.07) is 5.55. The molecule has 0 bridgehead atoms. The number of amides is 2. The summed E-state index contributed by atoms with van der Waals surface area (Å²) in [5.74, 6) is -0.324. The Kier molecular flexibility index (Phi) is 5.62. The molecule has 1 aromatic heterocycles. The first kappa shape index (κ1) is 19.6. The fourth-order valence-corrected chi connectivity index (χ4v) is 4.27. The van der Waals surface area contributed by atoms with E-state index in [0.717, 1.165) is 24.9 Å². The zero-order valence-corrected chi connectivity index (χ0v) is 16.5. The molecule has 2 fully saturated rings. The molecule has 8 heteroatoms. The molecule has 1 aromatic carbocycles. The summed E-state index contributed by atoms with van der Waals surface area (Å²) in [5, 5.41) is 10.6. The largest absolute Gasteiger partial charge is 0.349 e. The second-order valence-corrected chi connectivity index (χ2v) is 7.90. The molecule has 29 heavy (non-hydrogen) atoms. The maximum absolute atomic E-state index is 13.1. The molecule has 7 nitrogen and oxygen atoms in total. The summed E-state index contributed by atoms with van der Waals surface area (Å²) >= 11 is 0. The van der Waals surface area contributed by atoms with Gasteiger partial charge in [-0.3, -0.25) is 14.3 Å². The number of rotatable bonds is 4. The molecule has 0 saturated carbocycles. The van der Waals surface area contributed by atoms with Gasteiger partial charge in [-0.2, -0.15) is 5.10 Å². The van der Waals surface area contributed by atoms with Crippen molar-refractivity contribution in [1.29, 1.82) is 0 Å². The minimum absolute atomic E-state index is 0.0208. The van der Waals surface area contributed by atoms with Crippen LogP contribution in [-0.2, 0) is 11.8 Å². The normalized spacial score (nSPS) is 22.6. The predicted octanol–water partition coefficient (Wildman–Crippen LogP) is 1.28. The molecule has 2 aliphatic rings. The molecule has 0 radical (unpaired) electrons. The van der Waals surface area contributed by atoms with Crippen LogP contribution >= 0.6 is 0 Å². The third-order valence-electron chi connectivity index (χ3n) is 5.93. The van der Waals surface area contributed by atoms with E-state index >= 15 is 0 Å². The highest BCUT2D eigenvalue weighted by Gasteiger charge is 2.38. The summed E-state index contributed by atoms with van der Waals surface area (Å²) < 4.78 is 14.8. The Hall–Kier alpha value is -2.74. The van der Waals surface area contributed by atoms with Crippen molar-refractivity contribution in [3.63, 3.8) is 0 Å². The molecule has 2 amide bonds. The van der Waals surface area contributed by atoms with E-state index in [-0.39, 0.29) is 35.5 Å². The molecule has 0 aliphatic carbocycles. The van der Waals surface area contributed by atoms with Crippen LogP contribution < -0.4 is 10.6 Å². The van der Waals surface area contributed by atoms with Crippen molar-refractivity contribution in [3.8, 4) is 0 Å². The van der Waals surface area contributed by atoms with E-state index in [1.165, 1.54) is 24.3 Å². The van der Waals surface area contributed by atoms with Gasteiger partial charge in [0.15, 0.2) is 0 Å². The van der Waals surface area contributed by atoms with Crippen LogP contribution in [0.5, 0.6) is 0 Å². The van der Waals surface area contributed by atoms with Gasteiger partial charge in [0, 0.05) is 56.9 Å². The zero-order valence-electron chi connectivity index (χ0n) is 16.5. The number of piperidine rings is 1. The Labute approximate surface area is 169 Å². The van der Waals surface area contributed by atoms with Crippen LogP contribution in [0.2, 0.25) is 0 Å². The standard InChI is InChI=1S/C21H26FN5O2/c1-26-13-15(10-24-26)18-11-23-12-19(18)21(29)27-8-6-17(7-9-27)25-20(28)14-2-4-16(22)5-3-14/h2-5,10,13,17-19,23H,6-9,11-12H2,1H3,(H,25,28)/t18-,19+/m1/s1. The summed E-state index contributed by atoms with van der Waals surface area (Å²) in [4.78, 5) is 27.3. The summed E-state index contributed by atoms with van der Waals surface area (Å²) in [7, 11) is 1.88. The monoisotopic (exact) mass is 399 g/mol. The first-order valence-electron chi connectivity index (χ1n) is 10.1. The van der Waals surface area contributed by atoms with Crippen LogP contribution in [0.3, 0.4) is 0 Å². The molecule has 4 rings (SSSR count). The lowest BCUT2D eigenvalue weighted by atomic mass is 9.89. The quantitative estimate of drug-likeness (QED) is 0.812. The first-order chi connectivity index (χ1) is 14.0. The molecule has 3 heterocycles. The Morgan fingerprint density at radius 3 is 2.55 bits per heavy atom. The smallest absolute Gasteiger partial charge is 0.251 e. The van der Waals surface area contributed by atoms with Gasteiger partial charge in [-0.05, 0) is 42.7 Å². The number of aromatic nitrogens is 2. The molecule has 154 valence electrons. The molecule has 2 N–H and O–H groups in total. The zero-order chi connectivity index (χ0) is 20.4. The van der Waals surface area contributed by atoms with Gasteiger partial charge in [0.25, 0.3) is 5.91 Å². The number of carbonyl (C=O) groups is 2. The van der Waals surface area contributed by atoms with Crippen molar-refractivity contribution in [2.45, 2.75) is 24.8 Å². The molecule has 2 atom stereocenters. The van der Waals surface area contributed by atoms with E-state index in [0.29, 0.717) is 25.2 Å². The third kappa shape index (κ3) is 4.32. The van der Waals surface area contributed by atoms with Crippen molar-refractivity contribution < 1.29 is 14.0 Å². The SMILES string of the molecule is Cn1cc([C@H]2CNC[C@@H]2C(=O)N2CCC(NC(=O)c3ccc(F)cc3)CC2)cn1. The number of nitrogens with one attached hydrogen (secondary N) is 2. The van der Waals surface area contributed by atoms with Crippen LogP contribution in [0.4, 0.5) is 4.39 Å². The minimum atomic E-state index is -0.362. The van der Waals surface area contributed by atoms with Crippen LogP contribution in [0.15, 0.2) is 36.7 Å². The van der Waals surface area contributed by atoms with Gasteiger partial charge >= 0.3 is 0 Å². The van der Waals surface area contributed by atoms with E-state index in [1.54, 1.807) is 4.68 Å². The summed E-state index contributed by atoms with van der Waals surface area (Å²) in [5.41, 5.74) is 1.54. The molecule has 2 aliphatic heterocycles. The molecular formula is C21H26FN5O2. The fourth-order valence-electron chi connectivity index (χ4n) is 4.27. The van der Waals surface area contributed by atoms with Crippen LogP contribution in [0.25, 0.3) is 0 Å². The van der Waals surface area contributed by atoms with Gasteiger partial charge in [-0.1, -0.05) is 0 Å². The maximum Gasteiger partial charge on any atom is 0.251 e. The number of nitrogens with zero attached hydrogens (tertiary/aromatic N) is 3. The lowest BCUT2D eigenvalue weighted by Gasteiger charge is -2.34. The second kappa shape index (κ2) is 8.32. The minimum Gasteiger partial charge on any atom is -0.349 e. The van der Waals surface area contributed by atoms with Gasteiger partial charge in [-0.15, -0.1) is 0 Å². The van der Waals surface area contributed by atoms with Gasteiger partial charge in [0.2, 0.25) is 5.91 Å². The van der Waals surface area contributed by atoms with Crippen molar-refractivity contribution in [2.24, 2.45) is 13.0 Å². The Balaban J connectivity index is 1.31. The van der Waals surface area contributed by atoms with E-state index in [9.17, 15) is 14.0 Å². The number of aryl methyl sites for hydroxylation is 1. The van der Waals surface area contributed by atoms with Gasteiger partial charge in [0.05, 0.1) is 12.1 Å². The second-order valence-electron chi connectivity index (χ2n) is 7.90. The van der Waals surface area contributed by atoms with Crippen LogP contribution in [0.1, 0.15) is 34.7 Å². The lowest BCUT2D eigenvalue weighted by molar-refractivity contribution is -0.136. The fraction of sp³-hybridized carbons (Fsp3) is 0.476. The lowest BCUT2D eigenvalue weighted by Crippen LogP contribution is -2.48. The van der Waals surface area contributed by atoms with Crippen molar-refractivity contribution in [2.75, 3.05) is 26.2 Å². The number of halogens is 1. The summed E-state index contributed by atoms with van der Waals surface area (Å²) in [6.45, 7) is 2.72. The van der Waals surface area contributed by atoms with Crippen molar-refractivity contribution in [1.82, 2.24) is 25.3 Å². The number of benzene rings is 1. The van der Waals surface area contributed by atoms with Gasteiger partial charge in [0.1, 0.15) is 5.82 Å². The van der Waals surface area contributed by atoms with Crippen LogP contribution in [0, 0.1) is 11.7 Å². The number of likely N-dealkylation sites (tertiary alicyclic amines) is 1. The predicted molar refractivity (Wildman–Crippen MR) is 106 cm³/mol. The van der Waals surface area contributed by atoms with E-state index < -0.39 is 0 Å². The molecular weight excluding hydrogens is 373 g/mol. The van der Waals surface area contributed by atoms with E-state index in [4.69, 9.17) is 0 Å². The molecule has 0 spiro atoms. The molecule has 2 saturated heterocycles. The maximum atomic E-state index is 13.1. The highest BCUT2D eigenvalue weighted by molar-refractivity contribution is 5.94. The molecule has 0 unspecified atom stereocenters. The van der Waals surface area contributed by atoms with Crippen molar-refractivity contribution in [3.05, 3.63) is 53.6 Å². The number of hydrogen-bond donors (Lipinski definition) is 2. The number of hydrogen-bond acceptors (Lipinski definition) is 4. The van der Waals surface area contributed by atoms with Crippen molar-refractivity contribution >= 4 is 11.8 Å². The first-order valence-corrected chi connectivity index (χ1v) is 10.1. The average Bonchev–Trinajstić information content (AvgIpc) is 3.37. The van der Waals surface area contributed by atoms with Crippen LogP contribution in [-0.4, -0.2) is 58.7 Å². The topological polar surface area (TPSA) is 79.3 Å². The summed E-state index contributed by atoms with van der Waals surface area (Å²) in [6.07, 6.45) is 5.26.